The van der Waals surface area contributed by atoms with Gasteiger partial charge in [0.25, 0.3) is 0 Å². The van der Waals surface area contributed by atoms with E-state index in [2.05, 4.69) is 36.9 Å². The maximum absolute atomic E-state index is 10.4. The summed E-state index contributed by atoms with van der Waals surface area (Å²) >= 11 is 0. The van der Waals surface area contributed by atoms with Crippen molar-refractivity contribution in [1.82, 2.24) is 4.90 Å². The zero-order valence-electron chi connectivity index (χ0n) is 10.6. The van der Waals surface area contributed by atoms with Crippen molar-refractivity contribution >= 4 is 0 Å². The monoisotopic (exact) mass is 231 g/mol. The van der Waals surface area contributed by atoms with E-state index in [1.807, 2.05) is 6.07 Å². The molecule has 17 heavy (non-hydrogen) atoms. The normalized spacial score (nSPS) is 37.4. The molecule has 1 heterocycles. The van der Waals surface area contributed by atoms with Crippen LogP contribution in [0.2, 0.25) is 0 Å². The number of aliphatic hydroxyl groups is 1. The molecule has 0 aromatic heterocycles. The minimum Gasteiger partial charge on any atom is -0.387 e. The zero-order chi connectivity index (χ0) is 12.0. The summed E-state index contributed by atoms with van der Waals surface area (Å²) in [6.07, 6.45) is 0.722. The molecule has 4 atom stereocenters. The largest absolute Gasteiger partial charge is 0.387 e. The SMILES string of the molecule is CC1CN(C2Cc3ccccc3C2O)CC1C. The molecule has 0 saturated carbocycles. The van der Waals surface area contributed by atoms with Crippen LogP contribution < -0.4 is 0 Å². The zero-order valence-corrected chi connectivity index (χ0v) is 10.6. The summed E-state index contributed by atoms with van der Waals surface area (Å²) in [7, 11) is 0. The minimum absolute atomic E-state index is 0.288. The summed E-state index contributed by atoms with van der Waals surface area (Å²) in [5.74, 6) is 1.51. The Balaban J connectivity index is 1.80. The van der Waals surface area contributed by atoms with Gasteiger partial charge in [0, 0.05) is 19.1 Å². The maximum Gasteiger partial charge on any atom is 0.0951 e. The Labute approximate surface area is 103 Å². The summed E-state index contributed by atoms with van der Waals surface area (Å²) in [5.41, 5.74) is 2.47. The Hall–Kier alpha value is -0.860. The second kappa shape index (κ2) is 4.11. The average Bonchev–Trinajstić information content (AvgIpc) is 2.82. The molecule has 2 heteroatoms. The molecule has 2 aliphatic rings. The van der Waals surface area contributed by atoms with E-state index in [9.17, 15) is 5.11 Å². The lowest BCUT2D eigenvalue weighted by Gasteiger charge is -2.26. The summed E-state index contributed by atoms with van der Waals surface area (Å²) in [5, 5.41) is 10.4. The van der Waals surface area contributed by atoms with Gasteiger partial charge in [-0.25, -0.2) is 0 Å². The minimum atomic E-state index is -0.288. The van der Waals surface area contributed by atoms with E-state index in [-0.39, 0.29) is 6.10 Å². The van der Waals surface area contributed by atoms with Crippen molar-refractivity contribution in [3.8, 4) is 0 Å². The Morgan fingerprint density at radius 2 is 1.76 bits per heavy atom. The molecule has 2 nitrogen and oxygen atoms in total. The maximum atomic E-state index is 10.4. The van der Waals surface area contributed by atoms with Crippen molar-refractivity contribution in [3.05, 3.63) is 35.4 Å². The first-order chi connectivity index (χ1) is 8.16. The number of aliphatic hydroxyl groups excluding tert-OH is 1. The highest BCUT2D eigenvalue weighted by molar-refractivity contribution is 5.36. The quantitative estimate of drug-likeness (QED) is 0.801. The standard InChI is InChI=1S/C15H21NO/c1-10-8-16(9-11(10)2)14-7-12-5-3-4-6-13(12)15(14)17/h3-6,10-11,14-15,17H,7-9H2,1-2H3. The van der Waals surface area contributed by atoms with Gasteiger partial charge in [-0.15, -0.1) is 0 Å². The van der Waals surface area contributed by atoms with Gasteiger partial charge >= 0.3 is 0 Å². The molecule has 1 aromatic carbocycles. The van der Waals surface area contributed by atoms with E-state index in [0.29, 0.717) is 6.04 Å². The fourth-order valence-corrected chi connectivity index (χ4v) is 3.33. The summed E-state index contributed by atoms with van der Waals surface area (Å²) in [6, 6.07) is 8.63. The van der Waals surface area contributed by atoms with Crippen molar-refractivity contribution < 1.29 is 5.11 Å². The topological polar surface area (TPSA) is 23.5 Å². The molecular weight excluding hydrogens is 210 g/mol. The van der Waals surface area contributed by atoms with E-state index in [0.717, 1.165) is 36.9 Å². The van der Waals surface area contributed by atoms with Gasteiger partial charge in [-0.3, -0.25) is 4.90 Å². The molecule has 4 unspecified atom stereocenters. The van der Waals surface area contributed by atoms with E-state index < -0.39 is 0 Å². The second-order valence-corrected chi connectivity index (χ2v) is 5.82. The van der Waals surface area contributed by atoms with Gasteiger partial charge in [0.1, 0.15) is 0 Å². The molecule has 0 radical (unpaired) electrons. The fraction of sp³-hybridized carbons (Fsp3) is 0.600. The number of rotatable bonds is 1. The molecule has 0 bridgehead atoms. The van der Waals surface area contributed by atoms with Crippen LogP contribution in [0.4, 0.5) is 0 Å². The van der Waals surface area contributed by atoms with Crippen LogP contribution in [0.5, 0.6) is 0 Å². The summed E-state index contributed by atoms with van der Waals surface area (Å²) in [6.45, 7) is 6.91. The van der Waals surface area contributed by atoms with Gasteiger partial charge in [-0.05, 0) is 29.4 Å². The first-order valence-electron chi connectivity index (χ1n) is 6.66. The lowest BCUT2D eigenvalue weighted by Crippen LogP contribution is -2.36. The van der Waals surface area contributed by atoms with E-state index >= 15 is 0 Å². The van der Waals surface area contributed by atoms with Gasteiger partial charge < -0.3 is 5.11 Å². The Bertz CT molecular complexity index is 407. The predicted molar refractivity (Wildman–Crippen MR) is 68.8 cm³/mol. The number of nitrogens with zero attached hydrogens (tertiary/aromatic N) is 1. The third kappa shape index (κ3) is 1.80. The Morgan fingerprint density at radius 3 is 2.41 bits per heavy atom. The molecule has 1 saturated heterocycles. The van der Waals surface area contributed by atoms with Crippen LogP contribution in [0.15, 0.2) is 24.3 Å². The van der Waals surface area contributed by atoms with Gasteiger partial charge in [-0.1, -0.05) is 38.1 Å². The van der Waals surface area contributed by atoms with Crippen LogP contribution in [0.3, 0.4) is 0 Å². The Kier molecular flexibility index (Phi) is 2.72. The van der Waals surface area contributed by atoms with Crippen LogP contribution in [0.1, 0.15) is 31.1 Å². The molecule has 92 valence electrons. The number of likely N-dealkylation sites (tertiary alicyclic amines) is 1. The van der Waals surface area contributed by atoms with Crippen molar-refractivity contribution in [2.45, 2.75) is 32.4 Å². The first kappa shape index (κ1) is 11.2. The summed E-state index contributed by atoms with van der Waals surface area (Å²) in [4.78, 5) is 2.49. The number of fused-ring (bicyclic) bond motifs is 1. The number of benzene rings is 1. The van der Waals surface area contributed by atoms with Crippen molar-refractivity contribution in [3.63, 3.8) is 0 Å². The van der Waals surface area contributed by atoms with E-state index in [1.165, 1.54) is 5.56 Å². The molecule has 0 amide bonds. The van der Waals surface area contributed by atoms with Crippen LogP contribution in [-0.4, -0.2) is 29.1 Å². The second-order valence-electron chi connectivity index (χ2n) is 5.82. The van der Waals surface area contributed by atoms with Crippen molar-refractivity contribution in [2.75, 3.05) is 13.1 Å². The average molecular weight is 231 g/mol. The highest BCUT2D eigenvalue weighted by atomic mass is 16.3. The molecular formula is C15H21NO. The lowest BCUT2D eigenvalue weighted by atomic mass is 10.0. The molecule has 1 aliphatic heterocycles. The van der Waals surface area contributed by atoms with Gasteiger partial charge in [-0.2, -0.15) is 0 Å². The lowest BCUT2D eigenvalue weighted by molar-refractivity contribution is 0.0720. The fourth-order valence-electron chi connectivity index (χ4n) is 3.33. The highest BCUT2D eigenvalue weighted by Gasteiger charge is 2.39. The smallest absolute Gasteiger partial charge is 0.0951 e. The predicted octanol–water partition coefficient (Wildman–Crippen LogP) is 2.23. The van der Waals surface area contributed by atoms with Crippen LogP contribution in [-0.2, 0) is 6.42 Å². The third-order valence-corrected chi connectivity index (χ3v) is 4.65. The highest BCUT2D eigenvalue weighted by Crippen LogP contribution is 2.37. The van der Waals surface area contributed by atoms with Crippen LogP contribution >= 0.6 is 0 Å². The molecule has 1 aliphatic carbocycles. The third-order valence-electron chi connectivity index (χ3n) is 4.65. The molecule has 3 rings (SSSR count). The Morgan fingerprint density at radius 1 is 1.12 bits per heavy atom. The van der Waals surface area contributed by atoms with Crippen LogP contribution in [0, 0.1) is 11.8 Å². The van der Waals surface area contributed by atoms with Crippen molar-refractivity contribution in [2.24, 2.45) is 11.8 Å². The van der Waals surface area contributed by atoms with E-state index in [1.54, 1.807) is 0 Å². The molecule has 1 N–H and O–H groups in total. The van der Waals surface area contributed by atoms with Gasteiger partial charge in [0.05, 0.1) is 6.10 Å². The summed E-state index contributed by atoms with van der Waals surface area (Å²) < 4.78 is 0. The van der Waals surface area contributed by atoms with Crippen LogP contribution in [0.25, 0.3) is 0 Å². The van der Waals surface area contributed by atoms with Gasteiger partial charge in [0.15, 0.2) is 0 Å². The van der Waals surface area contributed by atoms with Crippen molar-refractivity contribution in [1.29, 1.82) is 0 Å². The number of hydrogen-bond acceptors (Lipinski definition) is 2. The molecule has 1 aromatic rings. The van der Waals surface area contributed by atoms with E-state index in [4.69, 9.17) is 0 Å². The molecule has 1 fully saturated rings. The number of hydrogen-bond donors (Lipinski definition) is 1. The first-order valence-corrected chi connectivity index (χ1v) is 6.66. The molecule has 0 spiro atoms. The van der Waals surface area contributed by atoms with Gasteiger partial charge in [0.2, 0.25) is 0 Å².